The van der Waals surface area contributed by atoms with E-state index in [4.69, 9.17) is 43.7 Å². The number of nitrogens with zero attached hydrogens (tertiary/aromatic N) is 2. The van der Waals surface area contributed by atoms with E-state index in [1.54, 1.807) is 30.3 Å². The van der Waals surface area contributed by atoms with Crippen molar-refractivity contribution in [1.29, 1.82) is 0 Å². The molecule has 29 nitrogen and oxygen atoms in total. The molecule has 20 N–H and O–H groups in total. The number of benzene rings is 2. The van der Waals surface area contributed by atoms with Crippen LogP contribution in [0.15, 0.2) is 59.6 Å². The van der Waals surface area contributed by atoms with Crippen molar-refractivity contribution >= 4 is 98.6 Å². The summed E-state index contributed by atoms with van der Waals surface area (Å²) in [5.74, 6) is -14.0. The van der Waals surface area contributed by atoms with Crippen LogP contribution in [-0.4, -0.2) is 183 Å². The molecule has 4 rings (SSSR count). The molecule has 82 heavy (non-hydrogen) atoms. The van der Waals surface area contributed by atoms with Crippen LogP contribution in [-0.2, 0) is 70.4 Å². The highest BCUT2D eigenvalue weighted by atomic mass is 33.1. The van der Waals surface area contributed by atoms with E-state index in [0.29, 0.717) is 11.1 Å². The van der Waals surface area contributed by atoms with Crippen molar-refractivity contribution in [2.45, 2.75) is 112 Å². The van der Waals surface area contributed by atoms with E-state index in [9.17, 15) is 71.0 Å². The predicted octanol–water partition coefficient (Wildman–Crippen LogP) is -4.17. The molecule has 0 saturated carbocycles. The van der Waals surface area contributed by atoms with Crippen molar-refractivity contribution in [2.75, 3.05) is 31.1 Å². The van der Waals surface area contributed by atoms with Crippen LogP contribution in [0.3, 0.4) is 0 Å². The maximum absolute atomic E-state index is 14.6. The molecule has 450 valence electrons. The number of carboxylic acid groups (broad SMARTS) is 2. The number of aliphatic carboxylic acids is 2. The first-order valence-electron chi connectivity index (χ1n) is 24.9. The Labute approximate surface area is 473 Å². The summed E-state index contributed by atoms with van der Waals surface area (Å²) in [6.45, 7) is -0.706. The summed E-state index contributed by atoms with van der Waals surface area (Å²) in [4.78, 5) is 162. The number of amides is 10. The van der Waals surface area contributed by atoms with Crippen LogP contribution in [0.4, 0.5) is 13.2 Å². The molecule has 2 aromatic rings. The normalized spacial score (nSPS) is 21.6. The van der Waals surface area contributed by atoms with E-state index in [-0.39, 0.29) is 74.8 Å². The standard InChI is InChI=1S/C46H64N14O13S2.C2HF3O2/c47-27-22-74-75-23-33(45(73)60-17-5-9-34(60)44(72)55-28(8-4-16-52-46(50)51)39(67)53-21-37(64)65)59-43(71)32(20-36(49)63)58-40(68)29(14-15-35(48)62)54-41(69)31(18-24-6-2-1-3-7-24)57-42(70)30(56-38(27)66)19-25-10-12-26(61)13-11-25;3-2(4,5)1(6)7/h1-3,6-7,10-13,27-34,61H,4-5,8-9,14-23,47H2,(H2,48,62)(H2,49,63)(H,53,67)(H,54,69)(H,55,72)(H,56,66)(H,57,70)(H,58,68)(H,59,71)(H,64,65)(H4,50,51,52);(H,6,7)/t27-,28-,29-,30-,31-,32-,33-,34-;/m0./s1. The number of nitrogens with two attached hydrogens (primary N) is 5. The van der Waals surface area contributed by atoms with Gasteiger partial charge in [-0.3, -0.25) is 57.7 Å². The number of aromatic hydroxyl groups is 1. The van der Waals surface area contributed by atoms with Crippen molar-refractivity contribution in [3.8, 4) is 5.75 Å². The summed E-state index contributed by atoms with van der Waals surface area (Å²) in [5, 5.41) is 43.7. The molecule has 0 aliphatic carbocycles. The minimum absolute atomic E-state index is 0.0145. The average Bonchev–Trinajstić information content (AvgIpc) is 4.02. The summed E-state index contributed by atoms with van der Waals surface area (Å²) in [5.41, 5.74) is 29.2. The van der Waals surface area contributed by atoms with Gasteiger partial charge in [0.1, 0.15) is 54.6 Å². The zero-order chi connectivity index (χ0) is 61.3. The third-order valence-corrected chi connectivity index (χ3v) is 14.3. The van der Waals surface area contributed by atoms with Gasteiger partial charge in [-0.15, -0.1) is 0 Å². The molecule has 2 fully saturated rings. The van der Waals surface area contributed by atoms with Crippen LogP contribution in [0, 0.1) is 0 Å². The van der Waals surface area contributed by atoms with Crippen LogP contribution < -0.4 is 65.9 Å². The van der Waals surface area contributed by atoms with Crippen LogP contribution in [0.1, 0.15) is 56.1 Å². The molecule has 8 atom stereocenters. The molecule has 2 aliphatic rings. The number of phenolic OH excluding ortho intramolecular Hbond substituents is 1. The first kappa shape index (κ1) is 67.9. The summed E-state index contributed by atoms with van der Waals surface area (Å²) in [6.07, 6.45) is -6.60. The lowest BCUT2D eigenvalue weighted by molar-refractivity contribution is -0.192. The number of nitrogens with one attached hydrogen (secondary N) is 7. The number of phenols is 1. The smallest absolute Gasteiger partial charge is 0.490 e. The van der Waals surface area contributed by atoms with E-state index in [0.717, 1.165) is 26.5 Å². The molecule has 2 saturated heterocycles. The molecule has 2 aromatic carbocycles. The van der Waals surface area contributed by atoms with E-state index >= 15 is 0 Å². The Kier molecular flexibility index (Phi) is 27.6. The number of halogens is 3. The minimum Gasteiger partial charge on any atom is -0.508 e. The largest absolute Gasteiger partial charge is 0.508 e. The number of primary amides is 2. The maximum atomic E-state index is 14.6. The lowest BCUT2D eigenvalue weighted by Gasteiger charge is -2.31. The molecule has 0 unspecified atom stereocenters. The number of carbonyl (C=O) groups is 12. The van der Waals surface area contributed by atoms with Gasteiger partial charge in [0.2, 0.25) is 59.1 Å². The maximum Gasteiger partial charge on any atom is 0.490 e. The second-order valence-corrected chi connectivity index (χ2v) is 20.9. The number of hydrogen-bond donors (Lipinski definition) is 15. The summed E-state index contributed by atoms with van der Waals surface area (Å²) < 4.78 is 31.7. The molecule has 0 bridgehead atoms. The average molecular weight is 1200 g/mol. The lowest BCUT2D eigenvalue weighted by Crippen LogP contribution is -2.61. The van der Waals surface area contributed by atoms with Gasteiger partial charge in [0.15, 0.2) is 5.96 Å². The number of aliphatic imine (C=N–C) groups is 1. The highest BCUT2D eigenvalue weighted by molar-refractivity contribution is 8.76. The van der Waals surface area contributed by atoms with Gasteiger partial charge in [-0.25, -0.2) is 4.79 Å². The fourth-order valence-electron chi connectivity index (χ4n) is 7.79. The number of likely N-dealkylation sites (tertiary alicyclic amines) is 1. The number of carboxylic acids is 2. The van der Waals surface area contributed by atoms with Gasteiger partial charge in [-0.1, -0.05) is 64.1 Å². The van der Waals surface area contributed by atoms with Crippen molar-refractivity contribution in [3.63, 3.8) is 0 Å². The fraction of sp³-hybridized carbons (Fsp3) is 0.479. The Bertz CT molecular complexity index is 2640. The molecule has 0 radical (unpaired) electrons. The molecule has 0 aromatic heterocycles. The number of carbonyl (C=O) groups excluding carboxylic acids is 10. The Morgan fingerprint density at radius 2 is 1.27 bits per heavy atom. The van der Waals surface area contributed by atoms with Gasteiger partial charge in [0.25, 0.3) is 0 Å². The zero-order valence-corrected chi connectivity index (χ0v) is 45.3. The summed E-state index contributed by atoms with van der Waals surface area (Å²) in [6, 6.07) is 2.64. The Morgan fingerprint density at radius 1 is 0.732 bits per heavy atom. The van der Waals surface area contributed by atoms with Crippen molar-refractivity contribution < 1.29 is 86.0 Å². The molecule has 2 heterocycles. The number of alkyl halides is 3. The van der Waals surface area contributed by atoms with Gasteiger partial charge in [0, 0.05) is 43.9 Å². The second-order valence-electron chi connectivity index (χ2n) is 18.3. The van der Waals surface area contributed by atoms with Crippen molar-refractivity contribution in [3.05, 3.63) is 65.7 Å². The molecule has 0 spiro atoms. The van der Waals surface area contributed by atoms with Crippen LogP contribution >= 0.6 is 21.6 Å². The first-order valence-corrected chi connectivity index (χ1v) is 27.4. The van der Waals surface area contributed by atoms with Crippen molar-refractivity contribution in [2.24, 2.45) is 33.7 Å². The third-order valence-electron chi connectivity index (χ3n) is 11.9. The van der Waals surface area contributed by atoms with E-state index in [2.05, 4.69) is 42.2 Å². The van der Waals surface area contributed by atoms with Gasteiger partial charge >= 0.3 is 18.1 Å². The highest BCUT2D eigenvalue weighted by Crippen LogP contribution is 2.26. The van der Waals surface area contributed by atoms with Crippen LogP contribution in [0.2, 0.25) is 0 Å². The SMILES string of the molecule is NC(=O)CC[C@@H]1NC(=O)[C@H](Cc2ccccc2)NC(=O)[C@H](Cc2ccc(O)cc2)NC(=O)[C@@H](N)CSSC[C@@H](C(=O)N2CCC[C@H]2C(=O)N[C@@H](CCCN=C(N)N)C(=O)NCC(=O)O)NC(=O)[C@H](CC(N)=O)NC1=O.O=C(O)C(F)(F)F. The number of guanidine groups is 1. The molecular formula is C48H65F3N14O15S2. The summed E-state index contributed by atoms with van der Waals surface area (Å²) in [7, 11) is 1.98. The number of hydrogen-bond acceptors (Lipinski definition) is 17. The number of rotatable bonds is 19. The Hall–Kier alpha value is -8.40. The topological polar surface area (TPSA) is 495 Å². The Morgan fingerprint density at radius 3 is 1.83 bits per heavy atom. The lowest BCUT2D eigenvalue weighted by atomic mass is 10.0. The minimum atomic E-state index is -5.08. The molecule has 34 heteroatoms. The molecular weight excluding hydrogens is 1130 g/mol. The van der Waals surface area contributed by atoms with E-state index in [1.807, 2.05) is 0 Å². The monoisotopic (exact) mass is 1200 g/mol. The second kappa shape index (κ2) is 33.4. The van der Waals surface area contributed by atoms with Crippen LogP contribution in [0.5, 0.6) is 5.75 Å². The van der Waals surface area contributed by atoms with E-state index < -0.39 is 151 Å². The molecule has 10 amide bonds. The van der Waals surface area contributed by atoms with E-state index in [1.165, 1.54) is 24.3 Å². The highest BCUT2D eigenvalue weighted by Gasteiger charge is 2.41. The zero-order valence-electron chi connectivity index (χ0n) is 43.7. The third kappa shape index (κ3) is 24.1. The van der Waals surface area contributed by atoms with Gasteiger partial charge in [-0.05, 0) is 55.4 Å². The predicted molar refractivity (Wildman–Crippen MR) is 288 cm³/mol. The van der Waals surface area contributed by atoms with Crippen LogP contribution in [0.25, 0.3) is 0 Å². The fourth-order valence-corrected chi connectivity index (χ4v) is 10.1. The Balaban J connectivity index is 0.00000236. The van der Waals surface area contributed by atoms with Crippen molar-refractivity contribution in [1.82, 2.24) is 42.1 Å². The quantitative estimate of drug-likeness (QED) is 0.0275. The first-order chi connectivity index (χ1) is 38.5. The molecule has 2 aliphatic heterocycles. The van der Waals surface area contributed by atoms with Gasteiger partial charge in [-0.2, -0.15) is 13.2 Å². The summed E-state index contributed by atoms with van der Waals surface area (Å²) >= 11 is 0. The van der Waals surface area contributed by atoms with Gasteiger partial charge in [0.05, 0.1) is 12.5 Å². The van der Waals surface area contributed by atoms with Gasteiger partial charge < -0.3 is 86.1 Å².